The molecule has 0 bridgehead atoms. The standard InChI is InChI=1S/C21H28N4O4S/c1-13-11-18(24-16(4)26)7-10-20(13)30(27,28)25-17-5-8-19(9-6-17)29-21-22-14(2)12-15(3)23-21/h7,10-12,17,19,25H,5-6,8-9H2,1-4H3,(H,24,26). The van der Waals surface area contributed by atoms with E-state index in [1.54, 1.807) is 19.1 Å². The highest BCUT2D eigenvalue weighted by Crippen LogP contribution is 2.25. The highest BCUT2D eigenvalue weighted by molar-refractivity contribution is 7.89. The number of carbonyl (C=O) groups is 1. The first-order chi connectivity index (χ1) is 14.1. The van der Waals surface area contributed by atoms with Crippen LogP contribution in [0.3, 0.4) is 0 Å². The van der Waals surface area contributed by atoms with Gasteiger partial charge >= 0.3 is 6.01 Å². The Morgan fingerprint density at radius 2 is 1.67 bits per heavy atom. The number of amides is 1. The van der Waals surface area contributed by atoms with E-state index in [0.29, 0.717) is 30.1 Å². The fourth-order valence-corrected chi connectivity index (χ4v) is 5.24. The maximum atomic E-state index is 12.9. The summed E-state index contributed by atoms with van der Waals surface area (Å²) >= 11 is 0. The van der Waals surface area contributed by atoms with Crippen molar-refractivity contribution < 1.29 is 17.9 Å². The molecule has 1 fully saturated rings. The van der Waals surface area contributed by atoms with E-state index < -0.39 is 10.0 Å². The van der Waals surface area contributed by atoms with E-state index in [2.05, 4.69) is 20.0 Å². The minimum atomic E-state index is -3.65. The molecule has 1 aromatic carbocycles. The summed E-state index contributed by atoms with van der Waals surface area (Å²) in [4.78, 5) is 20.0. The fourth-order valence-electron chi connectivity index (χ4n) is 3.71. The Morgan fingerprint density at radius 1 is 1.03 bits per heavy atom. The summed E-state index contributed by atoms with van der Waals surface area (Å²) in [7, 11) is -3.65. The molecule has 0 unspecified atom stereocenters. The zero-order valence-corrected chi connectivity index (χ0v) is 18.5. The maximum Gasteiger partial charge on any atom is 0.317 e. The number of benzene rings is 1. The smallest absolute Gasteiger partial charge is 0.317 e. The van der Waals surface area contributed by atoms with E-state index in [4.69, 9.17) is 4.74 Å². The number of anilines is 1. The van der Waals surface area contributed by atoms with Gasteiger partial charge in [-0.25, -0.2) is 23.1 Å². The van der Waals surface area contributed by atoms with E-state index in [-0.39, 0.29) is 22.9 Å². The summed E-state index contributed by atoms with van der Waals surface area (Å²) in [6.07, 6.45) is 2.79. The van der Waals surface area contributed by atoms with Crippen molar-refractivity contribution in [3.63, 3.8) is 0 Å². The number of rotatable bonds is 6. The molecule has 0 spiro atoms. The third-order valence-corrected chi connectivity index (χ3v) is 6.70. The Labute approximate surface area is 177 Å². The Balaban J connectivity index is 1.59. The largest absolute Gasteiger partial charge is 0.460 e. The molecule has 1 aliphatic rings. The van der Waals surface area contributed by atoms with Gasteiger partial charge in [0.1, 0.15) is 6.10 Å². The van der Waals surface area contributed by atoms with Gasteiger partial charge in [0.2, 0.25) is 15.9 Å². The summed E-state index contributed by atoms with van der Waals surface area (Å²) in [6, 6.07) is 6.90. The van der Waals surface area contributed by atoms with Gasteiger partial charge in [0.25, 0.3) is 0 Å². The monoisotopic (exact) mass is 432 g/mol. The van der Waals surface area contributed by atoms with Gasteiger partial charge in [0.15, 0.2) is 0 Å². The Hall–Kier alpha value is -2.52. The van der Waals surface area contributed by atoms with Crippen LogP contribution >= 0.6 is 0 Å². The van der Waals surface area contributed by atoms with Crippen molar-refractivity contribution in [3.8, 4) is 6.01 Å². The molecule has 0 atom stereocenters. The zero-order valence-electron chi connectivity index (χ0n) is 17.7. The summed E-state index contributed by atoms with van der Waals surface area (Å²) in [6.45, 7) is 6.93. The lowest BCUT2D eigenvalue weighted by Gasteiger charge is -2.29. The zero-order chi connectivity index (χ0) is 21.9. The highest BCUT2D eigenvalue weighted by atomic mass is 32.2. The molecule has 1 heterocycles. The van der Waals surface area contributed by atoms with Crippen LogP contribution in [0.4, 0.5) is 5.69 Å². The molecule has 2 N–H and O–H groups in total. The molecule has 0 radical (unpaired) electrons. The van der Waals surface area contributed by atoms with Crippen molar-refractivity contribution >= 4 is 21.6 Å². The number of nitrogens with zero attached hydrogens (tertiary/aromatic N) is 2. The van der Waals surface area contributed by atoms with Gasteiger partial charge in [0.05, 0.1) is 4.90 Å². The van der Waals surface area contributed by atoms with Crippen molar-refractivity contribution in [2.45, 2.75) is 70.4 Å². The molecule has 1 amide bonds. The number of hydrogen-bond donors (Lipinski definition) is 2. The minimum absolute atomic E-state index is 0.0226. The van der Waals surface area contributed by atoms with E-state index in [9.17, 15) is 13.2 Å². The van der Waals surface area contributed by atoms with Crippen molar-refractivity contribution in [3.05, 3.63) is 41.2 Å². The Kier molecular flexibility index (Phi) is 6.72. The van der Waals surface area contributed by atoms with E-state index in [1.165, 1.54) is 13.0 Å². The van der Waals surface area contributed by atoms with Crippen LogP contribution in [0.15, 0.2) is 29.2 Å². The van der Waals surface area contributed by atoms with Gasteiger partial charge in [-0.05, 0) is 76.3 Å². The van der Waals surface area contributed by atoms with Gasteiger partial charge in [-0.3, -0.25) is 4.79 Å². The van der Waals surface area contributed by atoms with E-state index >= 15 is 0 Å². The molecule has 9 heteroatoms. The summed E-state index contributed by atoms with van der Waals surface area (Å²) in [5.41, 5.74) is 2.88. The lowest BCUT2D eigenvalue weighted by atomic mass is 9.94. The molecule has 0 saturated heterocycles. The molecule has 30 heavy (non-hydrogen) atoms. The minimum Gasteiger partial charge on any atom is -0.460 e. The quantitative estimate of drug-likeness (QED) is 0.726. The van der Waals surface area contributed by atoms with Crippen LogP contribution in [0.5, 0.6) is 6.01 Å². The number of ether oxygens (including phenoxy) is 1. The molecule has 1 saturated carbocycles. The van der Waals surface area contributed by atoms with Crippen LogP contribution in [-0.4, -0.2) is 36.4 Å². The first-order valence-electron chi connectivity index (χ1n) is 10.0. The molecule has 162 valence electrons. The summed E-state index contributed by atoms with van der Waals surface area (Å²) < 4.78 is 34.4. The molecule has 8 nitrogen and oxygen atoms in total. The predicted molar refractivity (Wildman–Crippen MR) is 114 cm³/mol. The topological polar surface area (TPSA) is 110 Å². The number of aryl methyl sites for hydroxylation is 3. The van der Waals surface area contributed by atoms with Gasteiger partial charge in [0, 0.05) is 30.0 Å². The molecular weight excluding hydrogens is 404 g/mol. The normalized spacial score (nSPS) is 19.3. The van der Waals surface area contributed by atoms with Crippen LogP contribution < -0.4 is 14.8 Å². The lowest BCUT2D eigenvalue weighted by molar-refractivity contribution is -0.114. The number of carbonyl (C=O) groups excluding carboxylic acids is 1. The average Bonchev–Trinajstić information content (AvgIpc) is 2.61. The Morgan fingerprint density at radius 3 is 2.23 bits per heavy atom. The first-order valence-corrected chi connectivity index (χ1v) is 11.5. The van der Waals surface area contributed by atoms with Crippen LogP contribution in [0.25, 0.3) is 0 Å². The van der Waals surface area contributed by atoms with E-state index in [0.717, 1.165) is 24.2 Å². The van der Waals surface area contributed by atoms with Crippen molar-refractivity contribution in [1.82, 2.24) is 14.7 Å². The predicted octanol–water partition coefficient (Wildman–Crippen LogP) is 3.03. The van der Waals surface area contributed by atoms with Crippen LogP contribution in [-0.2, 0) is 14.8 Å². The van der Waals surface area contributed by atoms with Crippen LogP contribution in [0, 0.1) is 20.8 Å². The molecule has 2 aromatic rings. The summed E-state index contributed by atoms with van der Waals surface area (Å²) in [5, 5.41) is 2.66. The second-order valence-corrected chi connectivity index (χ2v) is 9.49. The summed E-state index contributed by atoms with van der Waals surface area (Å²) in [5.74, 6) is -0.201. The molecule has 1 aromatic heterocycles. The molecule has 1 aliphatic carbocycles. The van der Waals surface area contributed by atoms with Crippen molar-refractivity contribution in [2.75, 3.05) is 5.32 Å². The van der Waals surface area contributed by atoms with Crippen LogP contribution in [0.1, 0.15) is 49.6 Å². The molecule has 0 aliphatic heterocycles. The second kappa shape index (κ2) is 9.09. The fraction of sp³-hybridized carbons (Fsp3) is 0.476. The first kappa shape index (κ1) is 22.2. The van der Waals surface area contributed by atoms with Gasteiger partial charge < -0.3 is 10.1 Å². The van der Waals surface area contributed by atoms with Crippen molar-refractivity contribution in [1.29, 1.82) is 0 Å². The van der Waals surface area contributed by atoms with Gasteiger partial charge in [-0.2, -0.15) is 0 Å². The number of sulfonamides is 1. The number of hydrogen-bond acceptors (Lipinski definition) is 6. The van der Waals surface area contributed by atoms with Crippen molar-refractivity contribution in [2.24, 2.45) is 0 Å². The SMILES string of the molecule is CC(=O)Nc1ccc(S(=O)(=O)NC2CCC(Oc3nc(C)cc(C)n3)CC2)c(C)c1. The van der Waals surface area contributed by atoms with E-state index in [1.807, 2.05) is 19.9 Å². The van der Waals surface area contributed by atoms with Gasteiger partial charge in [-0.1, -0.05) is 0 Å². The second-order valence-electron chi connectivity index (χ2n) is 7.81. The lowest BCUT2D eigenvalue weighted by Crippen LogP contribution is -2.40. The third-order valence-electron chi connectivity index (χ3n) is 5.01. The number of aromatic nitrogens is 2. The van der Waals surface area contributed by atoms with Gasteiger partial charge in [-0.15, -0.1) is 0 Å². The third kappa shape index (κ3) is 5.76. The molecule has 3 rings (SSSR count). The average molecular weight is 433 g/mol. The Bertz CT molecular complexity index is 1010. The molecular formula is C21H28N4O4S. The van der Waals surface area contributed by atoms with Crippen LogP contribution in [0.2, 0.25) is 0 Å². The maximum absolute atomic E-state index is 12.9. The number of nitrogens with one attached hydrogen (secondary N) is 2. The highest BCUT2D eigenvalue weighted by Gasteiger charge is 2.28.